The first-order valence-electron chi connectivity index (χ1n) is 8.57. The van der Waals surface area contributed by atoms with Gasteiger partial charge in [-0.1, -0.05) is 24.3 Å². The average Bonchev–Trinajstić information content (AvgIpc) is 3.19. The largest absolute Gasteiger partial charge is 0.314 e. The van der Waals surface area contributed by atoms with Crippen LogP contribution in [-0.4, -0.2) is 24.7 Å². The summed E-state index contributed by atoms with van der Waals surface area (Å²) in [5.74, 6) is -0.413. The molecule has 0 bridgehead atoms. The summed E-state index contributed by atoms with van der Waals surface area (Å²) in [5, 5.41) is 2.74. The summed E-state index contributed by atoms with van der Waals surface area (Å²) >= 11 is 0. The zero-order valence-corrected chi connectivity index (χ0v) is 15.3. The first-order valence-corrected chi connectivity index (χ1v) is 8.57. The molecule has 1 amide bonds. The lowest BCUT2D eigenvalue weighted by Crippen LogP contribution is -2.23. The maximum absolute atomic E-state index is 12.9. The molecule has 0 aliphatic rings. The molecular formula is C20H19N5O2. The van der Waals surface area contributed by atoms with Crippen LogP contribution in [0.5, 0.6) is 0 Å². The van der Waals surface area contributed by atoms with Gasteiger partial charge in [-0.2, -0.15) is 0 Å². The van der Waals surface area contributed by atoms with Crippen molar-refractivity contribution in [1.82, 2.24) is 18.7 Å². The Morgan fingerprint density at radius 3 is 2.48 bits per heavy atom. The minimum absolute atomic E-state index is 0.250. The van der Waals surface area contributed by atoms with Gasteiger partial charge in [0.25, 0.3) is 11.5 Å². The summed E-state index contributed by atoms with van der Waals surface area (Å²) in [7, 11) is 1.79. The molecule has 136 valence electrons. The number of aryl methyl sites for hydroxylation is 1. The van der Waals surface area contributed by atoms with Crippen LogP contribution >= 0.6 is 0 Å². The molecule has 4 aromatic rings. The molecule has 0 radical (unpaired) electrons. The van der Waals surface area contributed by atoms with Gasteiger partial charge in [0, 0.05) is 18.9 Å². The second kappa shape index (κ2) is 6.28. The van der Waals surface area contributed by atoms with E-state index < -0.39 is 5.91 Å². The highest BCUT2D eigenvalue weighted by atomic mass is 16.2. The van der Waals surface area contributed by atoms with E-state index >= 15 is 0 Å². The van der Waals surface area contributed by atoms with Crippen LogP contribution in [-0.2, 0) is 7.05 Å². The fourth-order valence-corrected chi connectivity index (χ4v) is 3.15. The quantitative estimate of drug-likeness (QED) is 0.610. The predicted octanol–water partition coefficient (Wildman–Crippen LogP) is 2.69. The number of hydrogen-bond acceptors (Lipinski definition) is 3. The summed E-state index contributed by atoms with van der Waals surface area (Å²) < 4.78 is 5.09. The Balaban J connectivity index is 1.73. The molecule has 4 rings (SSSR count). The zero-order valence-electron chi connectivity index (χ0n) is 15.3. The number of amides is 1. The van der Waals surface area contributed by atoms with Gasteiger partial charge in [-0.05, 0) is 38.1 Å². The third-order valence-electron chi connectivity index (χ3n) is 4.72. The minimum Gasteiger partial charge on any atom is -0.314 e. The monoisotopic (exact) mass is 361 g/mol. The van der Waals surface area contributed by atoms with E-state index in [4.69, 9.17) is 0 Å². The highest BCUT2D eigenvalue weighted by Crippen LogP contribution is 2.15. The van der Waals surface area contributed by atoms with Crippen molar-refractivity contribution in [3.05, 3.63) is 82.2 Å². The molecule has 7 nitrogen and oxygen atoms in total. The lowest BCUT2D eigenvalue weighted by Gasteiger charge is -2.07. The fraction of sp³-hybridized carbons (Fsp3) is 0.150. The normalized spacial score (nSPS) is 11.1. The molecule has 0 aliphatic carbocycles. The highest BCUT2D eigenvalue weighted by Gasteiger charge is 2.20. The molecular weight excluding hydrogens is 342 g/mol. The Hall–Kier alpha value is -3.61. The van der Waals surface area contributed by atoms with Crippen molar-refractivity contribution in [3.63, 3.8) is 0 Å². The maximum atomic E-state index is 12.9. The van der Waals surface area contributed by atoms with Crippen molar-refractivity contribution < 1.29 is 4.79 Å². The van der Waals surface area contributed by atoms with Crippen LogP contribution in [0.25, 0.3) is 11.3 Å². The molecule has 0 saturated heterocycles. The van der Waals surface area contributed by atoms with Gasteiger partial charge in [-0.25, -0.2) is 9.67 Å². The van der Waals surface area contributed by atoms with Crippen LogP contribution in [0.1, 0.15) is 21.9 Å². The van der Waals surface area contributed by atoms with Crippen LogP contribution in [0.3, 0.4) is 0 Å². The van der Waals surface area contributed by atoms with Gasteiger partial charge in [0.15, 0.2) is 0 Å². The number of nitrogens with one attached hydrogen (secondary N) is 1. The van der Waals surface area contributed by atoms with Gasteiger partial charge >= 0.3 is 0 Å². The van der Waals surface area contributed by atoms with E-state index in [1.807, 2.05) is 59.9 Å². The molecule has 0 spiro atoms. The summed E-state index contributed by atoms with van der Waals surface area (Å²) in [5.41, 5.74) is 3.29. The van der Waals surface area contributed by atoms with Gasteiger partial charge in [0.1, 0.15) is 17.0 Å². The van der Waals surface area contributed by atoms with Crippen LogP contribution in [0.4, 0.5) is 5.69 Å². The van der Waals surface area contributed by atoms with Crippen molar-refractivity contribution in [2.45, 2.75) is 13.8 Å². The number of benzene rings is 1. The summed E-state index contributed by atoms with van der Waals surface area (Å²) in [6, 6.07) is 15.0. The average molecular weight is 361 g/mol. The summed E-state index contributed by atoms with van der Waals surface area (Å²) in [4.78, 5) is 30.0. The van der Waals surface area contributed by atoms with Gasteiger partial charge in [-0.15, -0.1) is 0 Å². The Labute approximate surface area is 155 Å². The van der Waals surface area contributed by atoms with Crippen molar-refractivity contribution in [1.29, 1.82) is 0 Å². The van der Waals surface area contributed by atoms with E-state index in [1.54, 1.807) is 24.9 Å². The third kappa shape index (κ3) is 2.73. The first-order chi connectivity index (χ1) is 13.0. The Morgan fingerprint density at radius 1 is 1.04 bits per heavy atom. The van der Waals surface area contributed by atoms with E-state index in [0.717, 1.165) is 11.4 Å². The molecule has 0 fully saturated rings. The number of carbonyl (C=O) groups is 1. The van der Waals surface area contributed by atoms with Gasteiger partial charge in [0.2, 0.25) is 0 Å². The smallest absolute Gasteiger partial charge is 0.295 e. The van der Waals surface area contributed by atoms with Crippen LogP contribution in [0.15, 0.2) is 59.5 Å². The second-order valence-electron chi connectivity index (χ2n) is 6.41. The molecule has 1 aromatic carbocycles. The van der Waals surface area contributed by atoms with E-state index in [1.165, 1.54) is 4.68 Å². The highest BCUT2D eigenvalue weighted by molar-refractivity contribution is 6.03. The van der Waals surface area contributed by atoms with Crippen molar-refractivity contribution in [3.8, 4) is 5.69 Å². The first kappa shape index (κ1) is 16.8. The van der Waals surface area contributed by atoms with E-state index in [9.17, 15) is 9.59 Å². The fourth-order valence-electron chi connectivity index (χ4n) is 3.15. The lowest BCUT2D eigenvalue weighted by atomic mass is 10.3. The number of rotatable bonds is 3. The SMILES string of the molecule is Cc1c(NC(=O)c2cn3c(C)cccc3n2)c(=O)n(-c2ccccc2)n1C. The molecule has 1 N–H and O–H groups in total. The molecule has 27 heavy (non-hydrogen) atoms. The van der Waals surface area contributed by atoms with Crippen molar-refractivity contribution in [2.24, 2.45) is 7.05 Å². The van der Waals surface area contributed by atoms with E-state index in [-0.39, 0.29) is 16.9 Å². The number of hydrogen-bond donors (Lipinski definition) is 1. The van der Waals surface area contributed by atoms with Crippen molar-refractivity contribution in [2.75, 3.05) is 5.32 Å². The number of pyridine rings is 1. The standard InChI is InChI=1S/C20H19N5O2/c1-13-8-7-11-17-21-16(12-24(13)17)19(26)22-18-14(2)23(3)25(20(18)27)15-9-5-4-6-10-15/h4-12H,1-3H3,(H,22,26). The minimum atomic E-state index is -0.413. The second-order valence-corrected chi connectivity index (χ2v) is 6.41. The van der Waals surface area contributed by atoms with Crippen LogP contribution < -0.4 is 10.9 Å². The predicted molar refractivity (Wildman–Crippen MR) is 104 cm³/mol. The van der Waals surface area contributed by atoms with Crippen LogP contribution in [0, 0.1) is 13.8 Å². The number of aromatic nitrogens is 4. The van der Waals surface area contributed by atoms with Crippen LogP contribution in [0.2, 0.25) is 0 Å². The van der Waals surface area contributed by atoms with E-state index in [0.29, 0.717) is 11.3 Å². The van der Waals surface area contributed by atoms with Crippen molar-refractivity contribution >= 4 is 17.2 Å². The number of imidazole rings is 1. The topological polar surface area (TPSA) is 73.3 Å². The van der Waals surface area contributed by atoms with Gasteiger partial charge in [0.05, 0.1) is 11.4 Å². The number of fused-ring (bicyclic) bond motifs is 1. The molecule has 3 heterocycles. The summed E-state index contributed by atoms with van der Waals surface area (Å²) in [6.45, 7) is 3.74. The van der Waals surface area contributed by atoms with Gasteiger partial charge < -0.3 is 9.72 Å². The maximum Gasteiger partial charge on any atom is 0.295 e. The molecule has 0 unspecified atom stereocenters. The Morgan fingerprint density at radius 2 is 1.78 bits per heavy atom. The van der Waals surface area contributed by atoms with Gasteiger partial charge in [-0.3, -0.25) is 14.3 Å². The number of anilines is 1. The molecule has 0 aliphatic heterocycles. The summed E-state index contributed by atoms with van der Waals surface area (Å²) in [6.07, 6.45) is 1.67. The molecule has 0 saturated carbocycles. The zero-order chi connectivity index (χ0) is 19.1. The third-order valence-corrected chi connectivity index (χ3v) is 4.72. The number of carbonyl (C=O) groups excluding carboxylic acids is 1. The Bertz CT molecular complexity index is 1210. The number of para-hydroxylation sites is 1. The molecule has 7 heteroatoms. The van der Waals surface area contributed by atoms with E-state index in [2.05, 4.69) is 10.3 Å². The lowest BCUT2D eigenvalue weighted by molar-refractivity contribution is 0.102. The molecule has 3 aromatic heterocycles. The Kier molecular flexibility index (Phi) is 3.92. The molecule has 0 atom stereocenters. The number of nitrogens with zero attached hydrogens (tertiary/aromatic N) is 4.